The molecule has 0 radical (unpaired) electrons. The number of hydrogen-bond donors (Lipinski definition) is 2. The molecule has 0 bridgehead atoms. The van der Waals surface area contributed by atoms with Crippen molar-refractivity contribution in [2.45, 2.75) is 13.3 Å². The van der Waals surface area contributed by atoms with Crippen LogP contribution in [0.2, 0.25) is 0 Å². The molecule has 21 heavy (non-hydrogen) atoms. The molecule has 0 amide bonds. The predicted octanol–water partition coefficient (Wildman–Crippen LogP) is 4.53. The molecule has 0 aliphatic heterocycles. The minimum atomic E-state index is 0.296. The monoisotopic (exact) mass is 346 g/mol. The van der Waals surface area contributed by atoms with Crippen LogP contribution in [0.1, 0.15) is 18.9 Å². The van der Waals surface area contributed by atoms with Crippen LogP contribution in [0.25, 0.3) is 11.1 Å². The Labute approximate surface area is 131 Å². The maximum Gasteiger partial charge on any atom is 0.0924 e. The molecule has 0 aliphatic rings. The second kappa shape index (κ2) is 7.04. The van der Waals surface area contributed by atoms with Crippen LogP contribution in [-0.2, 0) is 0 Å². The van der Waals surface area contributed by atoms with E-state index in [0.29, 0.717) is 17.8 Å². The lowest BCUT2D eigenvalue weighted by Gasteiger charge is -2.06. The van der Waals surface area contributed by atoms with E-state index in [9.17, 15) is 0 Å². The third-order valence-electron chi connectivity index (χ3n) is 3.11. The quantitative estimate of drug-likeness (QED) is 0.485. The van der Waals surface area contributed by atoms with Crippen molar-refractivity contribution in [3.63, 3.8) is 0 Å². The summed E-state index contributed by atoms with van der Waals surface area (Å²) in [6.07, 6.45) is 0.296. The fraction of sp³-hybridized carbons (Fsp3) is 0.125. The first kappa shape index (κ1) is 15.3. The summed E-state index contributed by atoms with van der Waals surface area (Å²) >= 11 is 3.41. The van der Waals surface area contributed by atoms with Crippen molar-refractivity contribution in [3.05, 3.63) is 58.6 Å². The van der Waals surface area contributed by atoms with Gasteiger partial charge in [0.05, 0.1) is 11.4 Å². The van der Waals surface area contributed by atoms with E-state index in [-0.39, 0.29) is 0 Å². The number of hydrogen-bond acceptors (Lipinski definition) is 4. The summed E-state index contributed by atoms with van der Waals surface area (Å²) in [5, 5.41) is 24.1. The zero-order valence-electron chi connectivity index (χ0n) is 11.5. The Hall–Kier alpha value is -2.14. The average molecular weight is 347 g/mol. The van der Waals surface area contributed by atoms with E-state index < -0.39 is 0 Å². The number of nitrogens with zero attached hydrogens (tertiary/aromatic N) is 2. The van der Waals surface area contributed by atoms with E-state index in [1.807, 2.05) is 48.5 Å². The van der Waals surface area contributed by atoms with E-state index >= 15 is 0 Å². The zero-order chi connectivity index (χ0) is 15.2. The molecular formula is C16H15BrN2O2. The molecule has 2 N–H and O–H groups in total. The highest BCUT2D eigenvalue weighted by Crippen LogP contribution is 2.22. The van der Waals surface area contributed by atoms with Gasteiger partial charge in [0, 0.05) is 10.9 Å². The lowest BCUT2D eigenvalue weighted by Crippen LogP contribution is -2.07. The number of halogens is 1. The zero-order valence-corrected chi connectivity index (χ0v) is 13.1. The van der Waals surface area contributed by atoms with Gasteiger partial charge in [-0.15, -0.1) is 0 Å². The number of oxime groups is 2. The van der Waals surface area contributed by atoms with Crippen LogP contribution < -0.4 is 0 Å². The first-order valence-corrected chi connectivity index (χ1v) is 7.18. The second-order valence-corrected chi connectivity index (χ2v) is 5.56. The molecule has 0 heterocycles. The van der Waals surface area contributed by atoms with Crippen molar-refractivity contribution in [2.24, 2.45) is 10.3 Å². The molecule has 2 rings (SSSR count). The van der Waals surface area contributed by atoms with Crippen molar-refractivity contribution < 1.29 is 10.4 Å². The van der Waals surface area contributed by atoms with E-state index in [1.165, 1.54) is 0 Å². The van der Waals surface area contributed by atoms with Gasteiger partial charge in [-0.2, -0.15) is 0 Å². The van der Waals surface area contributed by atoms with E-state index in [0.717, 1.165) is 21.2 Å². The molecule has 5 heteroatoms. The lowest BCUT2D eigenvalue weighted by molar-refractivity contribution is 0.315. The van der Waals surface area contributed by atoms with Gasteiger partial charge in [0.1, 0.15) is 0 Å². The van der Waals surface area contributed by atoms with Gasteiger partial charge in [0.15, 0.2) is 0 Å². The van der Waals surface area contributed by atoms with Crippen molar-refractivity contribution in [1.29, 1.82) is 0 Å². The van der Waals surface area contributed by atoms with Gasteiger partial charge in [-0.05, 0) is 35.7 Å². The number of benzene rings is 2. The Balaban J connectivity index is 2.24. The summed E-state index contributed by atoms with van der Waals surface area (Å²) in [6, 6.07) is 15.7. The highest BCUT2D eigenvalue weighted by molar-refractivity contribution is 9.10. The predicted molar refractivity (Wildman–Crippen MR) is 87.4 cm³/mol. The van der Waals surface area contributed by atoms with Crippen LogP contribution in [0.4, 0.5) is 0 Å². The van der Waals surface area contributed by atoms with Crippen LogP contribution in [0, 0.1) is 0 Å². The smallest absolute Gasteiger partial charge is 0.0924 e. The summed E-state index contributed by atoms with van der Waals surface area (Å²) in [6.45, 7) is 1.67. The van der Waals surface area contributed by atoms with Gasteiger partial charge in [-0.3, -0.25) is 0 Å². The Morgan fingerprint density at radius 3 is 1.90 bits per heavy atom. The van der Waals surface area contributed by atoms with Crippen molar-refractivity contribution in [1.82, 2.24) is 0 Å². The summed E-state index contributed by atoms with van der Waals surface area (Å²) < 4.78 is 1.04. The van der Waals surface area contributed by atoms with Gasteiger partial charge in [0.2, 0.25) is 0 Å². The van der Waals surface area contributed by atoms with Gasteiger partial charge in [0.25, 0.3) is 0 Å². The Morgan fingerprint density at radius 2 is 1.43 bits per heavy atom. The van der Waals surface area contributed by atoms with Gasteiger partial charge >= 0.3 is 0 Å². The largest absolute Gasteiger partial charge is 0.411 e. The minimum Gasteiger partial charge on any atom is -0.411 e. The third kappa shape index (κ3) is 3.92. The minimum absolute atomic E-state index is 0.296. The van der Waals surface area contributed by atoms with Crippen LogP contribution in [0.5, 0.6) is 0 Å². The topological polar surface area (TPSA) is 65.2 Å². The molecule has 0 saturated heterocycles. The van der Waals surface area contributed by atoms with Crippen molar-refractivity contribution >= 4 is 27.4 Å². The SMILES string of the molecule is CC(CC(=NO)c1ccc(-c2ccc(Br)cc2)cc1)=NO. The maximum absolute atomic E-state index is 9.09. The second-order valence-electron chi connectivity index (χ2n) is 4.64. The molecule has 108 valence electrons. The summed E-state index contributed by atoms with van der Waals surface area (Å²) in [7, 11) is 0. The summed E-state index contributed by atoms with van der Waals surface area (Å²) in [4.78, 5) is 0. The highest BCUT2D eigenvalue weighted by Gasteiger charge is 2.07. The normalized spacial score (nSPS) is 12.5. The first-order valence-electron chi connectivity index (χ1n) is 6.39. The first-order chi connectivity index (χ1) is 10.1. The van der Waals surface area contributed by atoms with Crippen LogP contribution >= 0.6 is 15.9 Å². The Bertz CT molecular complexity index is 662. The lowest BCUT2D eigenvalue weighted by atomic mass is 10.0. The standard InChI is InChI=1S/C16H15BrN2O2/c1-11(18-20)10-16(19-21)14-4-2-12(3-5-14)13-6-8-15(17)9-7-13/h2-9,20-21H,10H2,1H3. The molecule has 0 aliphatic carbocycles. The molecule has 2 aromatic carbocycles. The van der Waals surface area contributed by atoms with Crippen LogP contribution in [0.3, 0.4) is 0 Å². The van der Waals surface area contributed by atoms with E-state index in [2.05, 4.69) is 26.2 Å². The molecule has 0 unspecified atom stereocenters. The van der Waals surface area contributed by atoms with Gasteiger partial charge in [-0.25, -0.2) is 0 Å². The summed E-state index contributed by atoms with van der Waals surface area (Å²) in [5.41, 5.74) is 3.94. The van der Waals surface area contributed by atoms with E-state index in [4.69, 9.17) is 10.4 Å². The molecule has 0 fully saturated rings. The molecule has 0 spiro atoms. The van der Waals surface area contributed by atoms with Crippen molar-refractivity contribution in [2.75, 3.05) is 0 Å². The fourth-order valence-electron chi connectivity index (χ4n) is 1.97. The molecule has 2 aromatic rings. The summed E-state index contributed by atoms with van der Waals surface area (Å²) in [5.74, 6) is 0. The number of rotatable bonds is 4. The maximum atomic E-state index is 9.09. The van der Waals surface area contributed by atoms with Crippen LogP contribution in [0.15, 0.2) is 63.3 Å². The molecule has 0 aromatic heterocycles. The molecule has 4 nitrogen and oxygen atoms in total. The third-order valence-corrected chi connectivity index (χ3v) is 3.64. The molecule has 0 saturated carbocycles. The molecular weight excluding hydrogens is 332 g/mol. The average Bonchev–Trinajstić information content (AvgIpc) is 2.53. The molecule has 0 atom stereocenters. The van der Waals surface area contributed by atoms with Crippen LogP contribution in [-0.4, -0.2) is 21.8 Å². The van der Waals surface area contributed by atoms with E-state index in [1.54, 1.807) is 6.92 Å². The highest BCUT2D eigenvalue weighted by atomic mass is 79.9. The fourth-order valence-corrected chi connectivity index (χ4v) is 2.23. The van der Waals surface area contributed by atoms with Gasteiger partial charge < -0.3 is 10.4 Å². The van der Waals surface area contributed by atoms with Crippen molar-refractivity contribution in [3.8, 4) is 11.1 Å². The van der Waals surface area contributed by atoms with Gasteiger partial charge in [-0.1, -0.05) is 62.6 Å². The Kier molecular flexibility index (Phi) is 5.11. The Morgan fingerprint density at radius 1 is 0.905 bits per heavy atom.